The summed E-state index contributed by atoms with van der Waals surface area (Å²) in [5.74, 6) is 1.57. The number of aromatic nitrogens is 4. The van der Waals surface area contributed by atoms with Crippen molar-refractivity contribution in [3.05, 3.63) is 296 Å². The Kier molecular flexibility index (Phi) is 12.4. The lowest BCUT2D eigenvalue weighted by molar-refractivity contribution is 0.591. The Morgan fingerprint density at radius 1 is 0.352 bits per heavy atom. The van der Waals surface area contributed by atoms with Crippen LogP contribution < -0.4 is 26.2 Å². The zero-order valence-electron chi connectivity index (χ0n) is 48.8. The predicted octanol–water partition coefficient (Wildman–Crippen LogP) is 18.2. The van der Waals surface area contributed by atoms with Gasteiger partial charge in [0.05, 0.1) is 28.4 Å². The van der Waals surface area contributed by atoms with Gasteiger partial charge in [-0.05, 0) is 152 Å². The van der Waals surface area contributed by atoms with Crippen molar-refractivity contribution in [2.75, 3.05) is 9.80 Å². The maximum atomic E-state index is 10.6. The van der Waals surface area contributed by atoms with Crippen LogP contribution in [0.25, 0.3) is 95.0 Å². The lowest BCUT2D eigenvalue weighted by Gasteiger charge is -2.44. The minimum absolute atomic E-state index is 0.119. The lowest BCUT2D eigenvalue weighted by atomic mass is 9.33. The van der Waals surface area contributed by atoms with Crippen LogP contribution in [-0.2, 0) is 5.41 Å². The fourth-order valence-electron chi connectivity index (χ4n) is 13.3. The molecule has 0 atom stereocenters. The molecule has 7 nitrogen and oxygen atoms in total. The predicted molar refractivity (Wildman–Crippen MR) is 364 cm³/mol. The van der Waals surface area contributed by atoms with E-state index in [1.165, 1.54) is 44.2 Å². The van der Waals surface area contributed by atoms with E-state index in [0.717, 1.165) is 89.4 Å². The molecule has 4 heterocycles. The second kappa shape index (κ2) is 21.0. The summed E-state index contributed by atoms with van der Waals surface area (Å²) < 4.78 is 2.34. The molecule has 0 unspecified atom stereocenters. The van der Waals surface area contributed by atoms with Crippen LogP contribution in [-0.4, -0.2) is 26.2 Å². The molecule has 0 aliphatic carbocycles. The third kappa shape index (κ3) is 8.86. The zero-order valence-corrected chi connectivity index (χ0v) is 48.8. The van der Waals surface area contributed by atoms with E-state index in [1.54, 1.807) is 0 Å². The van der Waals surface area contributed by atoms with Gasteiger partial charge in [-0.25, -0.2) is 15.0 Å². The third-order valence-corrected chi connectivity index (χ3v) is 17.6. The van der Waals surface area contributed by atoms with Gasteiger partial charge in [0.25, 0.3) is 6.71 Å². The van der Waals surface area contributed by atoms with Gasteiger partial charge in [0.15, 0.2) is 17.5 Å². The van der Waals surface area contributed by atoms with Crippen molar-refractivity contribution in [3.8, 4) is 79.3 Å². The summed E-state index contributed by atoms with van der Waals surface area (Å²) in [5.41, 5.74) is 24.3. The summed E-state index contributed by atoms with van der Waals surface area (Å²) in [5, 5.41) is 12.8. The molecule has 0 bridgehead atoms. The molecular formula is C80H56BN7. The number of anilines is 6. The van der Waals surface area contributed by atoms with E-state index in [2.05, 4.69) is 254 Å². The molecule has 14 aromatic rings. The van der Waals surface area contributed by atoms with Gasteiger partial charge in [-0.3, -0.25) is 0 Å². The number of fused-ring (bicyclic) bond motifs is 7. The van der Waals surface area contributed by atoms with E-state index in [-0.39, 0.29) is 12.1 Å². The maximum Gasteiger partial charge on any atom is 0.252 e. The van der Waals surface area contributed by atoms with Gasteiger partial charge in [-0.15, -0.1) is 0 Å². The van der Waals surface area contributed by atoms with Gasteiger partial charge >= 0.3 is 0 Å². The van der Waals surface area contributed by atoms with E-state index in [1.807, 2.05) is 72.8 Å². The van der Waals surface area contributed by atoms with Crippen molar-refractivity contribution < 1.29 is 0 Å². The zero-order chi connectivity index (χ0) is 59.0. The highest BCUT2D eigenvalue weighted by atomic mass is 15.2. The fraction of sp³-hybridized carbons (Fsp3) is 0.0500. The van der Waals surface area contributed by atoms with Crippen LogP contribution in [0.15, 0.2) is 285 Å². The SMILES string of the molecule is CC(C)(C)c1ccc2c(c1)c1cc(-c3cc4c5c(c3)N(c3ccccc3)c3ccc(-c6ccccc6)cc3B5c3cc(-c5ccccc5)ccc3N4c3ccccc3)ccc1n2-c1ccc(C#N)cc1-c1nc(-c2ccccc2)nc(-c2ccccc2)n1. The first kappa shape index (κ1) is 52.2. The Morgan fingerprint density at radius 2 is 0.773 bits per heavy atom. The molecule has 414 valence electrons. The van der Waals surface area contributed by atoms with Crippen LogP contribution in [0.3, 0.4) is 0 Å². The summed E-state index contributed by atoms with van der Waals surface area (Å²) in [7, 11) is 0. The Balaban J connectivity index is 0.954. The number of para-hydroxylation sites is 2. The van der Waals surface area contributed by atoms with E-state index < -0.39 is 0 Å². The number of rotatable bonds is 9. The Hall–Kier alpha value is -11.4. The first-order chi connectivity index (χ1) is 43.2. The van der Waals surface area contributed by atoms with Crippen LogP contribution in [0.5, 0.6) is 0 Å². The minimum atomic E-state index is -0.137. The number of hydrogen-bond donors (Lipinski definition) is 0. The number of nitriles is 1. The summed E-state index contributed by atoms with van der Waals surface area (Å²) in [6.45, 7) is 6.71. The van der Waals surface area contributed by atoms with Crippen LogP contribution in [0.2, 0.25) is 0 Å². The molecule has 0 saturated heterocycles. The van der Waals surface area contributed by atoms with Crippen LogP contribution in [0, 0.1) is 11.3 Å². The van der Waals surface area contributed by atoms with E-state index >= 15 is 0 Å². The molecular weight excluding hydrogens is 1070 g/mol. The quantitative estimate of drug-likeness (QED) is 0.134. The smallest absolute Gasteiger partial charge is 0.252 e. The molecule has 16 rings (SSSR count). The fourth-order valence-corrected chi connectivity index (χ4v) is 13.3. The van der Waals surface area contributed by atoms with Gasteiger partial charge in [-0.2, -0.15) is 5.26 Å². The molecule has 8 heteroatoms. The topological polar surface area (TPSA) is 73.9 Å². The highest BCUT2D eigenvalue weighted by Gasteiger charge is 2.44. The normalized spacial score (nSPS) is 12.4. The Bertz CT molecular complexity index is 4860. The van der Waals surface area contributed by atoms with Gasteiger partial charge in [-0.1, -0.05) is 215 Å². The highest BCUT2D eigenvalue weighted by molar-refractivity contribution is 7.00. The third-order valence-electron chi connectivity index (χ3n) is 17.6. The summed E-state index contributed by atoms with van der Waals surface area (Å²) in [6, 6.07) is 105. The molecule has 0 radical (unpaired) electrons. The number of hydrogen-bond acceptors (Lipinski definition) is 6. The van der Waals surface area contributed by atoms with E-state index in [9.17, 15) is 5.26 Å². The van der Waals surface area contributed by atoms with Gasteiger partial charge < -0.3 is 14.4 Å². The van der Waals surface area contributed by atoms with Gasteiger partial charge in [0.1, 0.15) is 0 Å². The van der Waals surface area contributed by atoms with Crippen molar-refractivity contribution in [2.24, 2.45) is 0 Å². The average Bonchev–Trinajstić information content (AvgIpc) is 0.811. The van der Waals surface area contributed by atoms with Crippen LogP contribution >= 0.6 is 0 Å². The van der Waals surface area contributed by atoms with E-state index in [4.69, 9.17) is 15.0 Å². The Labute approximate surface area is 512 Å². The molecule has 0 fully saturated rings. The molecule has 12 aromatic carbocycles. The number of nitrogens with zero attached hydrogens (tertiary/aromatic N) is 7. The van der Waals surface area contributed by atoms with Crippen LogP contribution in [0.1, 0.15) is 31.9 Å². The van der Waals surface area contributed by atoms with Crippen molar-refractivity contribution in [3.63, 3.8) is 0 Å². The largest absolute Gasteiger partial charge is 0.311 e. The second-order valence-electron chi connectivity index (χ2n) is 23.9. The van der Waals surface area contributed by atoms with Crippen LogP contribution in [0.4, 0.5) is 34.1 Å². The standard InChI is InChI=1S/C80H56BN7/c1-80(2,3)61-38-43-70-65(50-61)64-45-57(35-40-69(64)88(70)71-39-34-52(51-82)44-66(71)79-84-77(55-26-14-6-15-27-55)83-78(85-79)56-28-16-7-17-29-56)60-48-74-76-75(49-60)87(63-32-20-9-21-33-63)73-42-37-59(54-24-12-5-13-25-54)47-68(73)81(76)67-46-58(53-22-10-4-11-23-53)36-41-72(67)86(74)62-30-18-8-19-31-62/h4-50H,1-3H3. The molecule has 0 amide bonds. The first-order valence-corrected chi connectivity index (χ1v) is 30.0. The minimum Gasteiger partial charge on any atom is -0.311 e. The van der Waals surface area contributed by atoms with Crippen molar-refractivity contribution in [1.82, 2.24) is 19.5 Å². The summed E-state index contributed by atoms with van der Waals surface area (Å²) in [4.78, 5) is 20.5. The Morgan fingerprint density at radius 3 is 1.26 bits per heavy atom. The highest BCUT2D eigenvalue weighted by Crippen LogP contribution is 2.48. The van der Waals surface area contributed by atoms with Crippen molar-refractivity contribution in [1.29, 1.82) is 5.26 Å². The molecule has 2 aliphatic rings. The summed E-state index contributed by atoms with van der Waals surface area (Å²) >= 11 is 0. The molecule has 0 spiro atoms. The molecule has 0 N–H and O–H groups in total. The number of benzene rings is 12. The summed E-state index contributed by atoms with van der Waals surface area (Å²) in [6.07, 6.45) is 0. The first-order valence-electron chi connectivity index (χ1n) is 30.0. The van der Waals surface area contributed by atoms with E-state index in [0.29, 0.717) is 23.0 Å². The molecule has 2 aliphatic heterocycles. The lowest BCUT2D eigenvalue weighted by Crippen LogP contribution is -2.61. The van der Waals surface area contributed by atoms with Gasteiger partial charge in [0, 0.05) is 61.6 Å². The molecule has 0 saturated carbocycles. The van der Waals surface area contributed by atoms with Gasteiger partial charge in [0.2, 0.25) is 0 Å². The van der Waals surface area contributed by atoms with Crippen molar-refractivity contribution in [2.45, 2.75) is 26.2 Å². The average molecular weight is 1130 g/mol. The molecule has 88 heavy (non-hydrogen) atoms. The maximum absolute atomic E-state index is 10.6. The van der Waals surface area contributed by atoms with Crippen molar-refractivity contribution >= 4 is 79.0 Å². The monoisotopic (exact) mass is 1130 g/mol. The molecule has 2 aromatic heterocycles. The second-order valence-corrected chi connectivity index (χ2v) is 23.9.